The lowest BCUT2D eigenvalue weighted by Crippen LogP contribution is -2.30. The number of halogens is 1. The van der Waals surface area contributed by atoms with Crippen LogP contribution in [0.25, 0.3) is 0 Å². The van der Waals surface area contributed by atoms with Gasteiger partial charge in [0.25, 0.3) is 0 Å². The minimum absolute atomic E-state index is 0.318. The SMILES string of the molecule is CN=C(NCc1ccnc(Oc2ccc(F)cc2)c1)Nc1ccc(OC)c(OC)c1. The highest BCUT2D eigenvalue weighted by molar-refractivity contribution is 5.93. The van der Waals surface area contributed by atoms with E-state index in [0.717, 1.165) is 11.3 Å². The van der Waals surface area contributed by atoms with Crippen molar-refractivity contribution < 1.29 is 18.6 Å². The molecule has 3 rings (SSSR count). The Morgan fingerprint density at radius 2 is 1.77 bits per heavy atom. The number of guanidine groups is 1. The first-order chi connectivity index (χ1) is 14.6. The molecule has 0 saturated heterocycles. The molecule has 0 fully saturated rings. The molecule has 2 N–H and O–H groups in total. The zero-order valence-corrected chi connectivity index (χ0v) is 17.0. The molecule has 3 aromatic rings. The minimum atomic E-state index is -0.318. The Morgan fingerprint density at radius 1 is 1.00 bits per heavy atom. The third-order valence-corrected chi connectivity index (χ3v) is 4.17. The van der Waals surface area contributed by atoms with Crippen molar-refractivity contribution in [2.45, 2.75) is 6.54 Å². The summed E-state index contributed by atoms with van der Waals surface area (Å²) in [6.45, 7) is 0.495. The van der Waals surface area contributed by atoms with Gasteiger partial charge in [-0.3, -0.25) is 4.99 Å². The van der Waals surface area contributed by atoms with Crippen LogP contribution in [0.1, 0.15) is 5.56 Å². The second-order valence-corrected chi connectivity index (χ2v) is 6.18. The molecule has 0 amide bonds. The van der Waals surface area contributed by atoms with Crippen molar-refractivity contribution in [2.24, 2.45) is 4.99 Å². The van der Waals surface area contributed by atoms with Gasteiger partial charge in [-0.1, -0.05) is 0 Å². The molecule has 8 heteroatoms. The fraction of sp³-hybridized carbons (Fsp3) is 0.182. The average Bonchev–Trinajstić information content (AvgIpc) is 2.78. The maximum Gasteiger partial charge on any atom is 0.219 e. The van der Waals surface area contributed by atoms with Crippen molar-refractivity contribution in [3.8, 4) is 23.1 Å². The number of nitrogens with one attached hydrogen (secondary N) is 2. The number of anilines is 1. The van der Waals surface area contributed by atoms with Crippen molar-refractivity contribution in [2.75, 3.05) is 26.6 Å². The van der Waals surface area contributed by atoms with Crippen molar-refractivity contribution in [1.29, 1.82) is 0 Å². The molecule has 0 atom stereocenters. The van der Waals surface area contributed by atoms with E-state index in [0.29, 0.717) is 35.6 Å². The summed E-state index contributed by atoms with van der Waals surface area (Å²) in [5.74, 6) is 2.47. The van der Waals surface area contributed by atoms with Gasteiger partial charge in [-0.15, -0.1) is 0 Å². The largest absolute Gasteiger partial charge is 0.493 e. The lowest BCUT2D eigenvalue weighted by molar-refractivity contribution is 0.355. The number of aliphatic imine (C=N–C) groups is 1. The summed E-state index contributed by atoms with van der Waals surface area (Å²) in [6.07, 6.45) is 1.65. The standard InChI is InChI=1S/C22H23FN4O3/c1-24-22(27-17-6-9-19(28-2)20(13-17)29-3)26-14-15-10-11-25-21(12-15)30-18-7-4-16(23)5-8-18/h4-13H,14H2,1-3H3,(H2,24,26,27). The highest BCUT2D eigenvalue weighted by atomic mass is 19.1. The first kappa shape index (κ1) is 20.9. The predicted octanol–water partition coefficient (Wildman–Crippen LogP) is 4.22. The van der Waals surface area contributed by atoms with Gasteiger partial charge in [0.15, 0.2) is 17.5 Å². The molecule has 30 heavy (non-hydrogen) atoms. The molecule has 0 bridgehead atoms. The lowest BCUT2D eigenvalue weighted by Gasteiger charge is -2.14. The second-order valence-electron chi connectivity index (χ2n) is 6.18. The number of hydrogen-bond donors (Lipinski definition) is 2. The average molecular weight is 410 g/mol. The minimum Gasteiger partial charge on any atom is -0.493 e. The van der Waals surface area contributed by atoms with Crippen LogP contribution in [0.3, 0.4) is 0 Å². The Kier molecular flexibility index (Phi) is 7.05. The summed E-state index contributed by atoms with van der Waals surface area (Å²) in [4.78, 5) is 8.43. The number of pyridine rings is 1. The van der Waals surface area contributed by atoms with Gasteiger partial charge < -0.3 is 24.8 Å². The first-order valence-electron chi connectivity index (χ1n) is 9.19. The molecule has 0 aliphatic carbocycles. The van der Waals surface area contributed by atoms with E-state index >= 15 is 0 Å². The topological polar surface area (TPSA) is 77.0 Å². The zero-order valence-electron chi connectivity index (χ0n) is 17.0. The van der Waals surface area contributed by atoms with Gasteiger partial charge in [-0.2, -0.15) is 0 Å². The molecule has 0 aliphatic rings. The molecular weight excluding hydrogens is 387 g/mol. The van der Waals surface area contributed by atoms with Crippen molar-refractivity contribution in [3.05, 3.63) is 72.2 Å². The van der Waals surface area contributed by atoms with Crippen molar-refractivity contribution >= 4 is 11.6 Å². The van der Waals surface area contributed by atoms with Crippen LogP contribution >= 0.6 is 0 Å². The molecule has 0 radical (unpaired) electrons. The Balaban J connectivity index is 1.62. The van der Waals surface area contributed by atoms with E-state index in [4.69, 9.17) is 14.2 Å². The van der Waals surface area contributed by atoms with E-state index in [2.05, 4.69) is 20.6 Å². The summed E-state index contributed by atoms with van der Waals surface area (Å²) < 4.78 is 29.3. The summed E-state index contributed by atoms with van der Waals surface area (Å²) in [6, 6.07) is 15.0. The smallest absolute Gasteiger partial charge is 0.219 e. The van der Waals surface area contributed by atoms with Gasteiger partial charge >= 0.3 is 0 Å². The lowest BCUT2D eigenvalue weighted by atomic mass is 10.2. The number of nitrogens with zero attached hydrogens (tertiary/aromatic N) is 2. The number of aromatic nitrogens is 1. The van der Waals surface area contributed by atoms with Gasteiger partial charge in [-0.05, 0) is 48.0 Å². The maximum absolute atomic E-state index is 13.0. The maximum atomic E-state index is 13.0. The Morgan fingerprint density at radius 3 is 2.47 bits per heavy atom. The summed E-state index contributed by atoms with van der Waals surface area (Å²) in [7, 11) is 4.86. The van der Waals surface area contributed by atoms with Crippen LogP contribution in [0.2, 0.25) is 0 Å². The number of hydrogen-bond acceptors (Lipinski definition) is 5. The van der Waals surface area contributed by atoms with E-state index < -0.39 is 0 Å². The summed E-state index contributed by atoms with van der Waals surface area (Å²) in [5.41, 5.74) is 1.74. The van der Waals surface area contributed by atoms with Gasteiger partial charge in [0.05, 0.1) is 14.2 Å². The number of rotatable bonds is 7. The van der Waals surface area contributed by atoms with E-state index in [1.165, 1.54) is 12.1 Å². The van der Waals surface area contributed by atoms with Gasteiger partial charge in [-0.25, -0.2) is 9.37 Å². The molecule has 0 aliphatic heterocycles. The Labute approximate surface area is 174 Å². The van der Waals surface area contributed by atoms with Crippen LogP contribution in [0.4, 0.5) is 10.1 Å². The number of methoxy groups -OCH3 is 2. The quantitative estimate of drug-likeness (QED) is 0.449. The number of benzene rings is 2. The van der Waals surface area contributed by atoms with E-state index in [1.807, 2.05) is 24.3 Å². The normalized spacial score (nSPS) is 11.0. The highest BCUT2D eigenvalue weighted by Crippen LogP contribution is 2.29. The molecule has 0 saturated carbocycles. The van der Waals surface area contributed by atoms with Crippen molar-refractivity contribution in [3.63, 3.8) is 0 Å². The molecule has 0 unspecified atom stereocenters. The molecule has 2 aromatic carbocycles. The molecular formula is C22H23FN4O3. The fourth-order valence-corrected chi connectivity index (χ4v) is 2.66. The second kappa shape index (κ2) is 10.1. The fourth-order valence-electron chi connectivity index (χ4n) is 2.66. The molecule has 1 aromatic heterocycles. The zero-order chi connectivity index (χ0) is 21.3. The molecule has 7 nitrogen and oxygen atoms in total. The van der Waals surface area contributed by atoms with E-state index in [-0.39, 0.29) is 5.82 Å². The predicted molar refractivity (Wildman–Crippen MR) is 114 cm³/mol. The summed E-state index contributed by atoms with van der Waals surface area (Å²) >= 11 is 0. The third kappa shape index (κ3) is 5.60. The van der Waals surface area contributed by atoms with Crippen LogP contribution < -0.4 is 24.8 Å². The van der Waals surface area contributed by atoms with Crippen molar-refractivity contribution in [1.82, 2.24) is 10.3 Å². The van der Waals surface area contributed by atoms with E-state index in [1.54, 1.807) is 45.7 Å². The Hall–Kier alpha value is -3.81. The van der Waals surface area contributed by atoms with Gasteiger partial charge in [0.1, 0.15) is 11.6 Å². The van der Waals surface area contributed by atoms with Crippen LogP contribution in [0.5, 0.6) is 23.1 Å². The molecule has 0 spiro atoms. The van der Waals surface area contributed by atoms with Crippen LogP contribution in [-0.2, 0) is 6.54 Å². The summed E-state index contributed by atoms with van der Waals surface area (Å²) in [5, 5.41) is 6.44. The molecule has 1 heterocycles. The third-order valence-electron chi connectivity index (χ3n) is 4.17. The Bertz CT molecular complexity index is 1010. The van der Waals surface area contributed by atoms with Crippen LogP contribution in [0.15, 0.2) is 65.8 Å². The molecule has 156 valence electrons. The van der Waals surface area contributed by atoms with Crippen LogP contribution in [0, 0.1) is 5.82 Å². The van der Waals surface area contributed by atoms with Gasteiger partial charge in [0, 0.05) is 37.6 Å². The van der Waals surface area contributed by atoms with Crippen LogP contribution in [-0.4, -0.2) is 32.2 Å². The van der Waals surface area contributed by atoms with E-state index in [9.17, 15) is 4.39 Å². The monoisotopic (exact) mass is 410 g/mol. The van der Waals surface area contributed by atoms with Gasteiger partial charge in [0.2, 0.25) is 5.88 Å². The first-order valence-corrected chi connectivity index (χ1v) is 9.19. The highest BCUT2D eigenvalue weighted by Gasteiger charge is 2.07. The number of ether oxygens (including phenoxy) is 3.